The van der Waals surface area contributed by atoms with Crippen LogP contribution in [-0.2, 0) is 6.54 Å². The van der Waals surface area contributed by atoms with Gasteiger partial charge in [0.15, 0.2) is 0 Å². The number of H-pyrrole nitrogens is 1. The Bertz CT molecular complexity index is 383. The van der Waals surface area contributed by atoms with Crippen LogP contribution >= 0.6 is 0 Å². The number of anilines is 1. The summed E-state index contributed by atoms with van der Waals surface area (Å²) in [5.41, 5.74) is 6.17. The number of aromatic amines is 1. The van der Waals surface area contributed by atoms with Crippen LogP contribution < -0.4 is 16.6 Å². The van der Waals surface area contributed by atoms with E-state index in [1.807, 2.05) is 20.8 Å². The molecule has 0 saturated heterocycles. The third-order valence-electron chi connectivity index (χ3n) is 2.15. The molecule has 1 aromatic heterocycles. The molecule has 0 unspecified atom stereocenters. The highest BCUT2D eigenvalue weighted by molar-refractivity contribution is 5.39. The average molecular weight is 210 g/mol. The maximum Gasteiger partial charge on any atom is 0.256 e. The van der Waals surface area contributed by atoms with Crippen LogP contribution in [0.4, 0.5) is 5.82 Å². The molecule has 1 heterocycles. The second kappa shape index (κ2) is 4.93. The lowest BCUT2D eigenvalue weighted by molar-refractivity contribution is 0.682. The standard InChI is InChI=1S/C10H18N4O/c1-4-12-5-7-13-9(11)8(6(2)3)10(15)14-7/h6,12H,4-5H2,1-3H3,(H3,11,13,14,15). The van der Waals surface area contributed by atoms with Crippen molar-refractivity contribution in [3.05, 3.63) is 21.7 Å². The summed E-state index contributed by atoms with van der Waals surface area (Å²) < 4.78 is 0. The Balaban J connectivity index is 3.03. The molecule has 0 aromatic carbocycles. The zero-order valence-electron chi connectivity index (χ0n) is 9.42. The second-order valence-corrected chi connectivity index (χ2v) is 3.75. The molecule has 0 fully saturated rings. The fourth-order valence-corrected chi connectivity index (χ4v) is 1.43. The smallest absolute Gasteiger partial charge is 0.256 e. The van der Waals surface area contributed by atoms with E-state index in [-0.39, 0.29) is 11.5 Å². The normalized spacial score (nSPS) is 10.9. The number of aromatic nitrogens is 2. The van der Waals surface area contributed by atoms with Crippen LogP contribution in [0.3, 0.4) is 0 Å². The van der Waals surface area contributed by atoms with Gasteiger partial charge in [0, 0.05) is 0 Å². The first kappa shape index (κ1) is 11.7. The predicted octanol–water partition coefficient (Wildman–Crippen LogP) is 0.585. The van der Waals surface area contributed by atoms with Crippen molar-refractivity contribution in [1.82, 2.24) is 15.3 Å². The second-order valence-electron chi connectivity index (χ2n) is 3.75. The highest BCUT2D eigenvalue weighted by atomic mass is 16.1. The molecule has 0 radical (unpaired) electrons. The fraction of sp³-hybridized carbons (Fsp3) is 0.600. The van der Waals surface area contributed by atoms with Crippen molar-refractivity contribution in [1.29, 1.82) is 0 Å². The Labute approximate surface area is 89.1 Å². The molecule has 0 bridgehead atoms. The Kier molecular flexibility index (Phi) is 3.85. The number of nitrogen functional groups attached to an aromatic ring is 1. The number of rotatable bonds is 4. The third-order valence-corrected chi connectivity index (χ3v) is 2.15. The molecule has 0 aliphatic carbocycles. The van der Waals surface area contributed by atoms with Crippen LogP contribution in [0.15, 0.2) is 4.79 Å². The molecule has 5 nitrogen and oxygen atoms in total. The van der Waals surface area contributed by atoms with Crippen LogP contribution in [0.1, 0.15) is 38.1 Å². The van der Waals surface area contributed by atoms with Gasteiger partial charge in [-0.25, -0.2) is 4.98 Å². The number of hydrogen-bond acceptors (Lipinski definition) is 4. The van der Waals surface area contributed by atoms with E-state index in [2.05, 4.69) is 15.3 Å². The first-order chi connectivity index (χ1) is 7.06. The summed E-state index contributed by atoms with van der Waals surface area (Å²) in [6, 6.07) is 0. The molecule has 1 rings (SSSR count). The topological polar surface area (TPSA) is 83.8 Å². The van der Waals surface area contributed by atoms with Gasteiger partial charge in [-0.3, -0.25) is 4.79 Å². The first-order valence-corrected chi connectivity index (χ1v) is 5.15. The number of hydrogen-bond donors (Lipinski definition) is 3. The summed E-state index contributed by atoms with van der Waals surface area (Å²) in [6.07, 6.45) is 0. The molecule has 0 atom stereocenters. The van der Waals surface area contributed by atoms with Crippen molar-refractivity contribution in [2.75, 3.05) is 12.3 Å². The zero-order valence-corrected chi connectivity index (χ0v) is 9.42. The molecule has 0 amide bonds. The van der Waals surface area contributed by atoms with Crippen molar-refractivity contribution < 1.29 is 0 Å². The minimum Gasteiger partial charge on any atom is -0.383 e. The van der Waals surface area contributed by atoms with E-state index in [0.29, 0.717) is 23.8 Å². The van der Waals surface area contributed by atoms with Gasteiger partial charge in [-0.2, -0.15) is 0 Å². The molecular weight excluding hydrogens is 192 g/mol. The summed E-state index contributed by atoms with van der Waals surface area (Å²) in [5, 5.41) is 3.08. The van der Waals surface area contributed by atoms with Crippen molar-refractivity contribution in [2.45, 2.75) is 33.2 Å². The molecule has 5 heteroatoms. The van der Waals surface area contributed by atoms with Gasteiger partial charge >= 0.3 is 0 Å². The molecule has 84 valence electrons. The lowest BCUT2D eigenvalue weighted by atomic mass is 10.1. The van der Waals surface area contributed by atoms with Crippen LogP contribution in [0.5, 0.6) is 0 Å². The highest BCUT2D eigenvalue weighted by Crippen LogP contribution is 2.14. The van der Waals surface area contributed by atoms with E-state index in [4.69, 9.17) is 5.73 Å². The van der Waals surface area contributed by atoms with E-state index >= 15 is 0 Å². The monoisotopic (exact) mass is 210 g/mol. The van der Waals surface area contributed by atoms with Gasteiger partial charge in [0.2, 0.25) is 0 Å². The first-order valence-electron chi connectivity index (χ1n) is 5.15. The lowest BCUT2D eigenvalue weighted by Crippen LogP contribution is -2.24. The van der Waals surface area contributed by atoms with Crippen LogP contribution in [0, 0.1) is 0 Å². The van der Waals surface area contributed by atoms with Crippen molar-refractivity contribution in [3.8, 4) is 0 Å². The average Bonchev–Trinajstić information content (AvgIpc) is 2.12. The van der Waals surface area contributed by atoms with Gasteiger partial charge in [-0.05, 0) is 12.5 Å². The van der Waals surface area contributed by atoms with Gasteiger partial charge < -0.3 is 16.0 Å². The maximum absolute atomic E-state index is 11.7. The maximum atomic E-state index is 11.7. The van der Waals surface area contributed by atoms with Gasteiger partial charge in [0.1, 0.15) is 11.6 Å². The third kappa shape index (κ3) is 2.79. The highest BCUT2D eigenvalue weighted by Gasteiger charge is 2.11. The molecular formula is C10H18N4O. The van der Waals surface area contributed by atoms with Crippen molar-refractivity contribution in [2.24, 2.45) is 0 Å². The molecule has 0 spiro atoms. The van der Waals surface area contributed by atoms with Gasteiger partial charge in [0.05, 0.1) is 12.1 Å². The van der Waals surface area contributed by atoms with Crippen LogP contribution in [-0.4, -0.2) is 16.5 Å². The Hall–Kier alpha value is -1.36. The quantitative estimate of drug-likeness (QED) is 0.679. The van der Waals surface area contributed by atoms with Gasteiger partial charge in [-0.15, -0.1) is 0 Å². The van der Waals surface area contributed by atoms with Crippen LogP contribution in [0.2, 0.25) is 0 Å². The summed E-state index contributed by atoms with van der Waals surface area (Å²) in [4.78, 5) is 18.5. The van der Waals surface area contributed by atoms with E-state index in [0.717, 1.165) is 6.54 Å². The summed E-state index contributed by atoms with van der Waals surface area (Å²) in [7, 11) is 0. The molecule has 4 N–H and O–H groups in total. The van der Waals surface area contributed by atoms with Gasteiger partial charge in [-0.1, -0.05) is 20.8 Å². The summed E-state index contributed by atoms with van der Waals surface area (Å²) in [5.74, 6) is 1.01. The van der Waals surface area contributed by atoms with E-state index in [1.165, 1.54) is 0 Å². The summed E-state index contributed by atoms with van der Waals surface area (Å²) in [6.45, 7) is 7.20. The Morgan fingerprint density at radius 1 is 1.53 bits per heavy atom. The minimum absolute atomic E-state index is 0.0921. The van der Waals surface area contributed by atoms with Crippen molar-refractivity contribution >= 4 is 5.82 Å². The Morgan fingerprint density at radius 3 is 2.67 bits per heavy atom. The number of nitrogens with one attached hydrogen (secondary N) is 2. The van der Waals surface area contributed by atoms with Crippen LogP contribution in [0.25, 0.3) is 0 Å². The number of nitrogens with two attached hydrogens (primary N) is 1. The molecule has 15 heavy (non-hydrogen) atoms. The number of nitrogens with zero attached hydrogens (tertiary/aromatic N) is 1. The SMILES string of the molecule is CCNCc1nc(N)c(C(C)C)c(=O)[nH]1. The molecule has 0 aliphatic rings. The predicted molar refractivity (Wildman–Crippen MR) is 60.7 cm³/mol. The molecule has 0 aliphatic heterocycles. The van der Waals surface area contributed by atoms with E-state index in [1.54, 1.807) is 0 Å². The largest absolute Gasteiger partial charge is 0.383 e. The minimum atomic E-state index is -0.134. The lowest BCUT2D eigenvalue weighted by Gasteiger charge is -2.09. The molecule has 1 aromatic rings. The van der Waals surface area contributed by atoms with Gasteiger partial charge in [0.25, 0.3) is 5.56 Å². The van der Waals surface area contributed by atoms with Crippen molar-refractivity contribution in [3.63, 3.8) is 0 Å². The van der Waals surface area contributed by atoms with E-state index < -0.39 is 0 Å². The van der Waals surface area contributed by atoms with E-state index in [9.17, 15) is 4.79 Å². The molecule has 0 saturated carbocycles. The summed E-state index contributed by atoms with van der Waals surface area (Å²) >= 11 is 0. The zero-order chi connectivity index (χ0) is 11.4. The fourth-order valence-electron chi connectivity index (χ4n) is 1.43. The Morgan fingerprint density at radius 2 is 2.20 bits per heavy atom.